The van der Waals surface area contributed by atoms with E-state index >= 15 is 0 Å². The Hall–Kier alpha value is -3.35. The third-order valence-corrected chi connectivity index (χ3v) is 8.71. The Balaban J connectivity index is 1.14. The van der Waals surface area contributed by atoms with E-state index in [0.29, 0.717) is 23.9 Å². The number of nitrogens with one attached hydrogen (secondary N) is 1. The highest BCUT2D eigenvalue weighted by molar-refractivity contribution is 6.30. The molecule has 1 N–H and O–H groups in total. The van der Waals surface area contributed by atoms with E-state index in [0.717, 1.165) is 74.3 Å². The van der Waals surface area contributed by atoms with E-state index < -0.39 is 0 Å². The van der Waals surface area contributed by atoms with Gasteiger partial charge in [-0.2, -0.15) is 0 Å². The molecule has 1 spiro atoms. The molecular weight excluding hydrogens is 522 g/mol. The summed E-state index contributed by atoms with van der Waals surface area (Å²) >= 11 is 6.11. The van der Waals surface area contributed by atoms with Gasteiger partial charge in [-0.05, 0) is 79.7 Å². The maximum absolute atomic E-state index is 13.5. The van der Waals surface area contributed by atoms with Crippen LogP contribution in [0.5, 0.6) is 5.75 Å². The van der Waals surface area contributed by atoms with Crippen LogP contribution in [0.1, 0.15) is 48.4 Å². The van der Waals surface area contributed by atoms with Gasteiger partial charge < -0.3 is 19.9 Å². The molecule has 210 valence electrons. The average molecular weight is 560 g/mol. The van der Waals surface area contributed by atoms with Crippen molar-refractivity contribution in [3.63, 3.8) is 0 Å². The summed E-state index contributed by atoms with van der Waals surface area (Å²) in [5.74, 6) is 1.12. The number of amides is 2. The van der Waals surface area contributed by atoms with E-state index in [-0.39, 0.29) is 17.4 Å². The fourth-order valence-corrected chi connectivity index (χ4v) is 6.27. The number of methoxy groups -OCH3 is 1. The lowest BCUT2D eigenvalue weighted by Crippen LogP contribution is -2.45. The third kappa shape index (κ3) is 6.86. The third-order valence-electron chi connectivity index (χ3n) is 8.47. The highest BCUT2D eigenvalue weighted by Crippen LogP contribution is 2.42. The number of carbonyl (C=O) groups excluding carboxylic acids is 2. The molecule has 0 aliphatic carbocycles. The van der Waals surface area contributed by atoms with Crippen molar-refractivity contribution < 1.29 is 14.3 Å². The molecule has 2 saturated heterocycles. The zero-order chi connectivity index (χ0) is 28.0. The van der Waals surface area contributed by atoms with Gasteiger partial charge >= 0.3 is 0 Å². The summed E-state index contributed by atoms with van der Waals surface area (Å²) in [6, 6.07) is 25.5. The molecule has 2 fully saturated rings. The zero-order valence-corrected chi connectivity index (χ0v) is 23.9. The van der Waals surface area contributed by atoms with Gasteiger partial charge in [0.1, 0.15) is 5.75 Å². The van der Waals surface area contributed by atoms with Crippen LogP contribution in [0.3, 0.4) is 0 Å². The summed E-state index contributed by atoms with van der Waals surface area (Å²) in [5.41, 5.74) is 2.91. The van der Waals surface area contributed by atoms with Gasteiger partial charge in [-0.3, -0.25) is 9.59 Å². The normalized spacial score (nSPS) is 17.6. The predicted molar refractivity (Wildman–Crippen MR) is 158 cm³/mol. The number of benzene rings is 3. The van der Waals surface area contributed by atoms with Crippen molar-refractivity contribution in [2.45, 2.75) is 44.7 Å². The van der Waals surface area contributed by atoms with E-state index in [9.17, 15) is 9.59 Å². The first-order valence-corrected chi connectivity index (χ1v) is 14.6. The smallest absolute Gasteiger partial charge is 0.229 e. The molecule has 6 nitrogen and oxygen atoms in total. The molecule has 2 amide bonds. The number of piperidine rings is 1. The Morgan fingerprint density at radius 2 is 1.68 bits per heavy atom. The van der Waals surface area contributed by atoms with Crippen molar-refractivity contribution in [3.05, 3.63) is 101 Å². The van der Waals surface area contributed by atoms with Crippen LogP contribution in [0.15, 0.2) is 78.9 Å². The zero-order valence-electron chi connectivity index (χ0n) is 23.2. The van der Waals surface area contributed by atoms with Crippen molar-refractivity contribution in [3.8, 4) is 5.75 Å². The molecule has 0 aromatic heterocycles. The van der Waals surface area contributed by atoms with Crippen LogP contribution < -0.4 is 10.1 Å². The topological polar surface area (TPSA) is 61.9 Å². The van der Waals surface area contributed by atoms with Crippen molar-refractivity contribution in [1.82, 2.24) is 15.1 Å². The first-order chi connectivity index (χ1) is 19.4. The molecule has 0 saturated carbocycles. The minimum absolute atomic E-state index is 0.0118. The average Bonchev–Trinajstić information content (AvgIpc) is 3.26. The fourth-order valence-electron chi connectivity index (χ4n) is 6.06. The van der Waals surface area contributed by atoms with E-state index in [1.807, 2.05) is 71.6 Å². The van der Waals surface area contributed by atoms with Crippen LogP contribution in [0.25, 0.3) is 0 Å². The number of halogens is 1. The SMILES string of the molecule is COc1ccc(CN2CCC3(CCN(CCC(NC(=O)Cc4cccc(Cl)c4)c4ccccc4)CC3)C2=O)cc1. The van der Waals surface area contributed by atoms with E-state index in [4.69, 9.17) is 16.3 Å². The largest absolute Gasteiger partial charge is 0.497 e. The molecule has 7 heteroatoms. The minimum atomic E-state index is -0.229. The number of ether oxygens (including phenoxy) is 1. The Morgan fingerprint density at radius 1 is 0.950 bits per heavy atom. The summed E-state index contributed by atoms with van der Waals surface area (Å²) in [5, 5.41) is 3.89. The van der Waals surface area contributed by atoms with E-state index in [1.165, 1.54) is 0 Å². The summed E-state index contributed by atoms with van der Waals surface area (Å²) in [6.07, 6.45) is 3.83. The molecular formula is C33H38ClN3O3. The van der Waals surface area contributed by atoms with Gasteiger partial charge in [-0.25, -0.2) is 0 Å². The first kappa shape index (κ1) is 28.2. The molecule has 0 bridgehead atoms. The highest BCUT2D eigenvalue weighted by atomic mass is 35.5. The van der Waals surface area contributed by atoms with Gasteiger partial charge in [-0.15, -0.1) is 0 Å². The number of hydrogen-bond donors (Lipinski definition) is 1. The Labute approximate surface area is 242 Å². The van der Waals surface area contributed by atoms with Crippen LogP contribution in [0, 0.1) is 5.41 Å². The first-order valence-electron chi connectivity index (χ1n) is 14.2. The molecule has 2 heterocycles. The quantitative estimate of drug-likeness (QED) is 0.348. The lowest BCUT2D eigenvalue weighted by molar-refractivity contribution is -0.139. The van der Waals surface area contributed by atoms with Crippen molar-refractivity contribution in [1.29, 1.82) is 0 Å². The summed E-state index contributed by atoms with van der Waals surface area (Å²) < 4.78 is 5.26. The van der Waals surface area contributed by atoms with Crippen LogP contribution >= 0.6 is 11.6 Å². The Kier molecular flexibility index (Phi) is 9.08. The second-order valence-corrected chi connectivity index (χ2v) is 11.5. The number of likely N-dealkylation sites (tertiary alicyclic amines) is 2. The highest BCUT2D eigenvalue weighted by Gasteiger charge is 2.47. The maximum Gasteiger partial charge on any atom is 0.229 e. The number of hydrogen-bond acceptors (Lipinski definition) is 4. The molecule has 2 aliphatic rings. The van der Waals surface area contributed by atoms with Gasteiger partial charge in [-0.1, -0.05) is 66.2 Å². The van der Waals surface area contributed by atoms with Gasteiger partial charge in [0, 0.05) is 24.7 Å². The maximum atomic E-state index is 13.5. The molecule has 3 aromatic carbocycles. The number of nitrogens with zero attached hydrogens (tertiary/aromatic N) is 2. The molecule has 40 heavy (non-hydrogen) atoms. The second kappa shape index (κ2) is 12.9. The lowest BCUT2D eigenvalue weighted by atomic mass is 9.77. The van der Waals surface area contributed by atoms with Crippen LogP contribution in [-0.2, 0) is 22.6 Å². The van der Waals surface area contributed by atoms with Gasteiger partial charge in [0.2, 0.25) is 11.8 Å². The molecule has 1 atom stereocenters. The van der Waals surface area contributed by atoms with Crippen molar-refractivity contribution in [2.75, 3.05) is 33.3 Å². The number of rotatable bonds is 10. The van der Waals surface area contributed by atoms with Gasteiger partial charge in [0.15, 0.2) is 0 Å². The fraction of sp³-hybridized carbons (Fsp3) is 0.394. The minimum Gasteiger partial charge on any atom is -0.497 e. The van der Waals surface area contributed by atoms with E-state index in [2.05, 4.69) is 22.3 Å². The lowest BCUT2D eigenvalue weighted by Gasteiger charge is -2.38. The van der Waals surface area contributed by atoms with Crippen molar-refractivity contribution in [2.24, 2.45) is 5.41 Å². The summed E-state index contributed by atoms with van der Waals surface area (Å²) in [6.45, 7) is 4.15. The molecule has 0 radical (unpaired) electrons. The van der Waals surface area contributed by atoms with Crippen LogP contribution in [-0.4, -0.2) is 54.9 Å². The Bertz CT molecular complexity index is 1290. The summed E-state index contributed by atoms with van der Waals surface area (Å²) in [4.78, 5) is 30.9. The monoisotopic (exact) mass is 559 g/mol. The van der Waals surface area contributed by atoms with Crippen LogP contribution in [0.2, 0.25) is 5.02 Å². The Morgan fingerprint density at radius 3 is 2.38 bits per heavy atom. The number of carbonyl (C=O) groups is 2. The predicted octanol–water partition coefficient (Wildman–Crippen LogP) is 5.65. The molecule has 2 aliphatic heterocycles. The van der Waals surface area contributed by atoms with E-state index in [1.54, 1.807) is 7.11 Å². The van der Waals surface area contributed by atoms with Crippen LogP contribution in [0.4, 0.5) is 0 Å². The molecule has 5 rings (SSSR count). The van der Waals surface area contributed by atoms with Crippen molar-refractivity contribution >= 4 is 23.4 Å². The van der Waals surface area contributed by atoms with Gasteiger partial charge in [0.25, 0.3) is 0 Å². The standard InChI is InChI=1S/C33H38ClN3O3/c1-40-29-12-10-25(11-13-29)24-37-21-17-33(32(37)39)15-19-36(20-16-33)18-14-30(27-7-3-2-4-8-27)35-31(38)23-26-6-5-9-28(34)22-26/h2-13,22,30H,14-21,23-24H2,1H3,(H,35,38). The summed E-state index contributed by atoms with van der Waals surface area (Å²) in [7, 11) is 1.66. The second-order valence-electron chi connectivity index (χ2n) is 11.1. The molecule has 1 unspecified atom stereocenters. The molecule has 3 aromatic rings. The van der Waals surface area contributed by atoms with Gasteiger partial charge in [0.05, 0.1) is 25.0 Å².